The first-order valence-electron chi connectivity index (χ1n) is 8.04. The van der Waals surface area contributed by atoms with Crippen LogP contribution in [-0.2, 0) is 10.0 Å². The topological polar surface area (TPSA) is 93.0 Å². The molecule has 2 aromatic rings. The maximum absolute atomic E-state index is 11.6. The lowest BCUT2D eigenvalue weighted by atomic mass is 9.99. The molecular formula is C15H22N6O2S. The van der Waals surface area contributed by atoms with Gasteiger partial charge in [-0.3, -0.25) is 0 Å². The Bertz CT molecular complexity index is 776. The number of nitrogens with zero attached hydrogens (tertiary/aromatic N) is 5. The van der Waals surface area contributed by atoms with Crippen molar-refractivity contribution in [1.82, 2.24) is 24.9 Å². The van der Waals surface area contributed by atoms with Crippen LogP contribution in [-0.4, -0.2) is 54.0 Å². The van der Waals surface area contributed by atoms with E-state index in [1.807, 2.05) is 30.3 Å². The third-order valence-corrected chi connectivity index (χ3v) is 4.93. The Balaban J connectivity index is 1.85. The van der Waals surface area contributed by atoms with Gasteiger partial charge in [0.2, 0.25) is 16.0 Å². The lowest BCUT2D eigenvalue weighted by molar-refractivity contribution is 0.442. The molecule has 0 radical (unpaired) electrons. The Morgan fingerprint density at radius 3 is 2.67 bits per heavy atom. The number of anilines is 1. The third kappa shape index (κ3) is 3.73. The molecule has 0 bridgehead atoms. The SMILES string of the molecule is CCCC1CN(c2nnnn2-c2ccccc2)CC1NS(C)(=O)=O. The van der Waals surface area contributed by atoms with E-state index in [9.17, 15) is 8.42 Å². The van der Waals surface area contributed by atoms with Crippen molar-refractivity contribution in [3.8, 4) is 5.69 Å². The molecule has 1 saturated heterocycles. The smallest absolute Gasteiger partial charge is 0.250 e. The molecule has 1 N–H and O–H groups in total. The van der Waals surface area contributed by atoms with E-state index in [4.69, 9.17) is 0 Å². The standard InChI is InChI=1S/C15H22N6O2S/c1-3-7-12-10-20(11-14(12)17-24(2,22)23)15-16-18-19-21(15)13-8-5-4-6-9-13/h4-6,8-9,12,14,17H,3,7,10-11H2,1-2H3. The molecule has 0 amide bonds. The second-order valence-electron chi connectivity index (χ2n) is 6.18. The Morgan fingerprint density at radius 2 is 2.00 bits per heavy atom. The van der Waals surface area contributed by atoms with Crippen molar-refractivity contribution in [2.45, 2.75) is 25.8 Å². The molecule has 2 heterocycles. The molecule has 0 saturated carbocycles. The van der Waals surface area contributed by atoms with Crippen LogP contribution in [0.5, 0.6) is 0 Å². The zero-order chi connectivity index (χ0) is 17.2. The Labute approximate surface area is 141 Å². The van der Waals surface area contributed by atoms with Crippen LogP contribution < -0.4 is 9.62 Å². The summed E-state index contributed by atoms with van der Waals surface area (Å²) in [6, 6.07) is 9.54. The summed E-state index contributed by atoms with van der Waals surface area (Å²) in [6.45, 7) is 3.40. The molecule has 130 valence electrons. The predicted molar refractivity (Wildman–Crippen MR) is 91.5 cm³/mol. The summed E-state index contributed by atoms with van der Waals surface area (Å²) in [5.41, 5.74) is 0.879. The first-order chi connectivity index (χ1) is 11.5. The van der Waals surface area contributed by atoms with E-state index in [-0.39, 0.29) is 12.0 Å². The molecule has 1 aromatic carbocycles. The highest BCUT2D eigenvalue weighted by atomic mass is 32.2. The normalized spacial score (nSPS) is 21.3. The van der Waals surface area contributed by atoms with E-state index in [0.29, 0.717) is 12.5 Å². The minimum atomic E-state index is -3.25. The summed E-state index contributed by atoms with van der Waals surface area (Å²) >= 11 is 0. The molecule has 1 aliphatic heterocycles. The van der Waals surface area contributed by atoms with Crippen molar-refractivity contribution in [3.63, 3.8) is 0 Å². The summed E-state index contributed by atoms with van der Waals surface area (Å²) < 4.78 is 27.7. The van der Waals surface area contributed by atoms with Crippen molar-refractivity contribution in [2.24, 2.45) is 5.92 Å². The molecule has 9 heteroatoms. The Kier molecular flexibility index (Phi) is 4.81. The minimum absolute atomic E-state index is 0.124. The Morgan fingerprint density at radius 1 is 1.25 bits per heavy atom. The molecule has 2 atom stereocenters. The van der Waals surface area contributed by atoms with Gasteiger partial charge in [0.05, 0.1) is 11.9 Å². The van der Waals surface area contributed by atoms with Gasteiger partial charge in [0.25, 0.3) is 0 Å². The van der Waals surface area contributed by atoms with Crippen LogP contribution in [0.3, 0.4) is 0 Å². The van der Waals surface area contributed by atoms with Crippen LogP contribution in [0.4, 0.5) is 5.95 Å². The number of tetrazole rings is 1. The van der Waals surface area contributed by atoms with Crippen molar-refractivity contribution in [1.29, 1.82) is 0 Å². The van der Waals surface area contributed by atoms with Crippen molar-refractivity contribution in [3.05, 3.63) is 30.3 Å². The lowest BCUT2D eigenvalue weighted by Crippen LogP contribution is -2.40. The number of aromatic nitrogens is 4. The monoisotopic (exact) mass is 350 g/mol. The summed E-state index contributed by atoms with van der Waals surface area (Å²) in [6.07, 6.45) is 3.16. The number of hydrogen-bond acceptors (Lipinski definition) is 6. The summed E-state index contributed by atoms with van der Waals surface area (Å²) in [5, 5.41) is 12.0. The molecule has 1 aliphatic rings. The third-order valence-electron chi connectivity index (χ3n) is 4.20. The fourth-order valence-electron chi connectivity index (χ4n) is 3.22. The number of para-hydroxylation sites is 1. The number of sulfonamides is 1. The molecule has 24 heavy (non-hydrogen) atoms. The van der Waals surface area contributed by atoms with E-state index in [2.05, 4.69) is 32.1 Å². The summed E-state index contributed by atoms with van der Waals surface area (Å²) in [7, 11) is -3.25. The van der Waals surface area contributed by atoms with Crippen LogP contribution in [0.1, 0.15) is 19.8 Å². The lowest BCUT2D eigenvalue weighted by Gasteiger charge is -2.17. The molecule has 2 unspecified atom stereocenters. The number of benzene rings is 1. The van der Waals surface area contributed by atoms with Crippen molar-refractivity contribution < 1.29 is 8.42 Å². The van der Waals surface area contributed by atoms with E-state index < -0.39 is 10.0 Å². The molecular weight excluding hydrogens is 328 g/mol. The summed E-state index contributed by atoms with van der Waals surface area (Å²) in [5.74, 6) is 0.880. The first kappa shape index (κ1) is 16.8. The van der Waals surface area contributed by atoms with Gasteiger partial charge in [-0.1, -0.05) is 36.6 Å². The fraction of sp³-hybridized carbons (Fsp3) is 0.533. The highest BCUT2D eigenvalue weighted by molar-refractivity contribution is 7.88. The second kappa shape index (κ2) is 6.86. The van der Waals surface area contributed by atoms with E-state index >= 15 is 0 Å². The quantitative estimate of drug-likeness (QED) is 0.829. The maximum Gasteiger partial charge on any atom is 0.250 e. The second-order valence-corrected chi connectivity index (χ2v) is 7.96. The van der Waals surface area contributed by atoms with Crippen LogP contribution >= 0.6 is 0 Å². The van der Waals surface area contributed by atoms with Gasteiger partial charge >= 0.3 is 0 Å². The van der Waals surface area contributed by atoms with Crippen LogP contribution in [0.15, 0.2) is 30.3 Å². The summed E-state index contributed by atoms with van der Waals surface area (Å²) in [4.78, 5) is 2.05. The maximum atomic E-state index is 11.6. The van der Waals surface area contributed by atoms with Gasteiger partial charge in [0, 0.05) is 19.1 Å². The number of hydrogen-bond donors (Lipinski definition) is 1. The molecule has 1 aromatic heterocycles. The highest BCUT2D eigenvalue weighted by Gasteiger charge is 2.36. The zero-order valence-electron chi connectivity index (χ0n) is 13.8. The van der Waals surface area contributed by atoms with E-state index in [1.165, 1.54) is 6.26 Å². The van der Waals surface area contributed by atoms with E-state index in [0.717, 1.165) is 25.1 Å². The fourth-order valence-corrected chi connectivity index (χ4v) is 4.04. The average molecular weight is 350 g/mol. The van der Waals surface area contributed by atoms with Crippen molar-refractivity contribution in [2.75, 3.05) is 24.2 Å². The first-order valence-corrected chi connectivity index (χ1v) is 9.93. The largest absolute Gasteiger partial charge is 0.337 e. The molecule has 3 rings (SSSR count). The van der Waals surface area contributed by atoms with Gasteiger partial charge in [-0.2, -0.15) is 4.68 Å². The van der Waals surface area contributed by atoms with Crippen LogP contribution in [0, 0.1) is 5.92 Å². The highest BCUT2D eigenvalue weighted by Crippen LogP contribution is 2.27. The predicted octanol–water partition coefficient (Wildman–Crippen LogP) is 0.816. The molecule has 0 aliphatic carbocycles. The Hall–Kier alpha value is -2.00. The van der Waals surface area contributed by atoms with Gasteiger partial charge in [0.15, 0.2) is 0 Å². The van der Waals surface area contributed by atoms with Gasteiger partial charge in [0.1, 0.15) is 0 Å². The van der Waals surface area contributed by atoms with Crippen molar-refractivity contribution >= 4 is 16.0 Å². The zero-order valence-corrected chi connectivity index (χ0v) is 14.6. The van der Waals surface area contributed by atoms with Gasteiger partial charge < -0.3 is 4.90 Å². The number of nitrogens with one attached hydrogen (secondary N) is 1. The van der Waals surface area contributed by atoms with Crippen LogP contribution in [0.25, 0.3) is 5.69 Å². The molecule has 0 spiro atoms. The van der Waals surface area contributed by atoms with E-state index in [1.54, 1.807) is 4.68 Å². The average Bonchev–Trinajstić information content (AvgIpc) is 3.14. The minimum Gasteiger partial charge on any atom is -0.337 e. The van der Waals surface area contributed by atoms with Gasteiger partial charge in [-0.05, 0) is 34.9 Å². The van der Waals surface area contributed by atoms with Gasteiger partial charge in [-0.15, -0.1) is 0 Å². The molecule has 8 nitrogen and oxygen atoms in total. The van der Waals surface area contributed by atoms with Gasteiger partial charge in [-0.25, -0.2) is 13.1 Å². The molecule has 1 fully saturated rings. The number of rotatable bonds is 6. The van der Waals surface area contributed by atoms with Crippen LogP contribution in [0.2, 0.25) is 0 Å².